The summed E-state index contributed by atoms with van der Waals surface area (Å²) in [5.41, 5.74) is 2.19. The van der Waals surface area contributed by atoms with Gasteiger partial charge < -0.3 is 10.2 Å². The van der Waals surface area contributed by atoms with Gasteiger partial charge in [-0.05, 0) is 50.5 Å². The molecule has 2 aromatic heterocycles. The van der Waals surface area contributed by atoms with Crippen molar-refractivity contribution in [3.63, 3.8) is 0 Å². The molecule has 0 aliphatic carbocycles. The highest BCUT2D eigenvalue weighted by Gasteiger charge is 2.22. The summed E-state index contributed by atoms with van der Waals surface area (Å²) < 4.78 is 0. The van der Waals surface area contributed by atoms with Crippen molar-refractivity contribution in [1.29, 1.82) is 0 Å². The standard InChI is InChI=1S/C17H23N5/c1-13-7-8-17(21-20-13)22-10-4-6-16(12-22)19-14(2)15-5-3-9-18-11-15/h3,5,7-9,11,14,16,19H,4,6,10,12H2,1-2H3/t14-,16+/m0/s1. The van der Waals surface area contributed by atoms with Gasteiger partial charge in [0.15, 0.2) is 5.82 Å². The first kappa shape index (κ1) is 14.9. The quantitative estimate of drug-likeness (QED) is 0.939. The zero-order valence-corrected chi connectivity index (χ0v) is 13.2. The van der Waals surface area contributed by atoms with E-state index in [4.69, 9.17) is 0 Å². The van der Waals surface area contributed by atoms with Crippen LogP contribution in [0.5, 0.6) is 0 Å². The SMILES string of the molecule is Cc1ccc(N2CCC[C@@H](N[C@@H](C)c3cccnc3)C2)nn1. The fourth-order valence-corrected chi connectivity index (χ4v) is 2.96. The first-order valence-corrected chi connectivity index (χ1v) is 7.93. The number of nitrogens with zero attached hydrogens (tertiary/aromatic N) is 4. The van der Waals surface area contributed by atoms with E-state index in [1.54, 1.807) is 0 Å². The Morgan fingerprint density at radius 1 is 1.27 bits per heavy atom. The third-order valence-corrected chi connectivity index (χ3v) is 4.20. The van der Waals surface area contributed by atoms with Gasteiger partial charge in [-0.3, -0.25) is 4.98 Å². The average Bonchev–Trinajstić information content (AvgIpc) is 2.56. The van der Waals surface area contributed by atoms with E-state index >= 15 is 0 Å². The van der Waals surface area contributed by atoms with E-state index < -0.39 is 0 Å². The monoisotopic (exact) mass is 297 g/mol. The molecule has 0 aromatic carbocycles. The van der Waals surface area contributed by atoms with Crippen molar-refractivity contribution in [3.05, 3.63) is 47.9 Å². The van der Waals surface area contributed by atoms with Gasteiger partial charge >= 0.3 is 0 Å². The molecule has 0 bridgehead atoms. The molecule has 2 aromatic rings. The van der Waals surface area contributed by atoms with E-state index in [0.717, 1.165) is 24.6 Å². The molecule has 1 aliphatic rings. The van der Waals surface area contributed by atoms with Gasteiger partial charge in [0.1, 0.15) is 0 Å². The molecular formula is C17H23N5. The summed E-state index contributed by atoms with van der Waals surface area (Å²) >= 11 is 0. The maximum absolute atomic E-state index is 4.31. The maximum Gasteiger partial charge on any atom is 0.151 e. The first-order valence-electron chi connectivity index (χ1n) is 7.93. The largest absolute Gasteiger partial charge is 0.354 e. The molecular weight excluding hydrogens is 274 g/mol. The van der Waals surface area contributed by atoms with Crippen LogP contribution in [0.4, 0.5) is 5.82 Å². The summed E-state index contributed by atoms with van der Waals surface area (Å²) in [7, 11) is 0. The molecule has 1 N–H and O–H groups in total. The van der Waals surface area contributed by atoms with Crippen LogP contribution in [0.1, 0.15) is 37.1 Å². The highest BCUT2D eigenvalue weighted by atomic mass is 15.3. The molecule has 1 fully saturated rings. The van der Waals surface area contributed by atoms with E-state index in [9.17, 15) is 0 Å². The molecule has 2 atom stereocenters. The van der Waals surface area contributed by atoms with Crippen molar-refractivity contribution in [2.24, 2.45) is 0 Å². The molecule has 0 amide bonds. The van der Waals surface area contributed by atoms with Crippen molar-refractivity contribution >= 4 is 5.82 Å². The zero-order valence-electron chi connectivity index (χ0n) is 13.2. The molecule has 1 saturated heterocycles. The Balaban J connectivity index is 1.62. The lowest BCUT2D eigenvalue weighted by atomic mass is 10.0. The molecule has 5 nitrogen and oxygen atoms in total. The predicted molar refractivity (Wildman–Crippen MR) is 87.8 cm³/mol. The molecule has 0 saturated carbocycles. The zero-order chi connectivity index (χ0) is 15.4. The first-order chi connectivity index (χ1) is 10.7. The number of hydrogen-bond acceptors (Lipinski definition) is 5. The summed E-state index contributed by atoms with van der Waals surface area (Å²) in [6, 6.07) is 8.97. The van der Waals surface area contributed by atoms with Gasteiger partial charge in [-0.2, -0.15) is 5.10 Å². The molecule has 3 rings (SSSR count). The van der Waals surface area contributed by atoms with Crippen LogP contribution >= 0.6 is 0 Å². The smallest absolute Gasteiger partial charge is 0.151 e. The Hall–Kier alpha value is -2.01. The minimum atomic E-state index is 0.308. The molecule has 116 valence electrons. The van der Waals surface area contributed by atoms with Crippen LogP contribution in [-0.2, 0) is 0 Å². The van der Waals surface area contributed by atoms with E-state index in [1.165, 1.54) is 18.4 Å². The Labute approximate surface area is 131 Å². The summed E-state index contributed by atoms with van der Waals surface area (Å²) in [5, 5.41) is 12.2. The van der Waals surface area contributed by atoms with E-state index in [2.05, 4.69) is 44.5 Å². The lowest BCUT2D eigenvalue weighted by Gasteiger charge is -2.35. The van der Waals surface area contributed by atoms with Crippen molar-refractivity contribution in [2.75, 3.05) is 18.0 Å². The Morgan fingerprint density at radius 3 is 2.91 bits per heavy atom. The summed E-state index contributed by atoms with van der Waals surface area (Å²) in [6.45, 7) is 6.19. The predicted octanol–water partition coefficient (Wildman–Crippen LogP) is 2.50. The second-order valence-electron chi connectivity index (χ2n) is 5.99. The number of aryl methyl sites for hydroxylation is 1. The van der Waals surface area contributed by atoms with Gasteiger partial charge in [-0.25, -0.2) is 0 Å². The minimum Gasteiger partial charge on any atom is -0.354 e. The van der Waals surface area contributed by atoms with Crippen LogP contribution in [-0.4, -0.2) is 34.3 Å². The highest BCUT2D eigenvalue weighted by molar-refractivity contribution is 5.38. The van der Waals surface area contributed by atoms with Crippen molar-refractivity contribution in [1.82, 2.24) is 20.5 Å². The molecule has 1 aliphatic heterocycles. The number of nitrogens with one attached hydrogen (secondary N) is 1. The van der Waals surface area contributed by atoms with Crippen molar-refractivity contribution in [2.45, 2.75) is 38.8 Å². The van der Waals surface area contributed by atoms with Gasteiger partial charge in [0.05, 0.1) is 5.69 Å². The highest BCUT2D eigenvalue weighted by Crippen LogP contribution is 2.20. The maximum atomic E-state index is 4.31. The van der Waals surface area contributed by atoms with Crippen molar-refractivity contribution < 1.29 is 0 Å². The number of anilines is 1. The van der Waals surface area contributed by atoms with Crippen molar-refractivity contribution in [3.8, 4) is 0 Å². The Kier molecular flexibility index (Phi) is 4.63. The van der Waals surface area contributed by atoms with Crippen LogP contribution in [0.15, 0.2) is 36.7 Å². The lowest BCUT2D eigenvalue weighted by Crippen LogP contribution is -2.46. The molecule has 0 spiro atoms. The molecule has 0 radical (unpaired) electrons. The third-order valence-electron chi connectivity index (χ3n) is 4.20. The topological polar surface area (TPSA) is 53.9 Å². The van der Waals surface area contributed by atoms with Gasteiger partial charge in [0.25, 0.3) is 0 Å². The second kappa shape index (κ2) is 6.83. The van der Waals surface area contributed by atoms with Gasteiger partial charge in [-0.15, -0.1) is 5.10 Å². The minimum absolute atomic E-state index is 0.308. The van der Waals surface area contributed by atoms with Gasteiger partial charge in [-0.1, -0.05) is 6.07 Å². The third kappa shape index (κ3) is 3.60. The van der Waals surface area contributed by atoms with Crippen LogP contribution < -0.4 is 10.2 Å². The Morgan fingerprint density at radius 2 is 2.18 bits per heavy atom. The Bertz CT molecular complexity index is 584. The van der Waals surface area contributed by atoms with Crippen LogP contribution in [0.3, 0.4) is 0 Å². The summed E-state index contributed by atoms with van der Waals surface area (Å²) in [4.78, 5) is 6.52. The number of piperidine rings is 1. The number of pyridine rings is 1. The van der Waals surface area contributed by atoms with Crippen LogP contribution in [0.25, 0.3) is 0 Å². The van der Waals surface area contributed by atoms with Crippen LogP contribution in [0.2, 0.25) is 0 Å². The van der Waals surface area contributed by atoms with E-state index in [0.29, 0.717) is 12.1 Å². The van der Waals surface area contributed by atoms with Gasteiger partial charge in [0, 0.05) is 37.6 Å². The lowest BCUT2D eigenvalue weighted by molar-refractivity contribution is 0.386. The fraction of sp³-hybridized carbons (Fsp3) is 0.471. The molecule has 0 unspecified atom stereocenters. The average molecular weight is 297 g/mol. The van der Waals surface area contributed by atoms with E-state index in [-0.39, 0.29) is 0 Å². The second-order valence-corrected chi connectivity index (χ2v) is 5.99. The number of hydrogen-bond donors (Lipinski definition) is 1. The fourth-order valence-electron chi connectivity index (χ4n) is 2.96. The van der Waals surface area contributed by atoms with E-state index in [1.807, 2.05) is 31.5 Å². The molecule has 3 heterocycles. The van der Waals surface area contributed by atoms with Gasteiger partial charge in [0.2, 0.25) is 0 Å². The summed E-state index contributed by atoms with van der Waals surface area (Å²) in [6.07, 6.45) is 6.12. The number of rotatable bonds is 4. The van der Waals surface area contributed by atoms with Crippen LogP contribution in [0, 0.1) is 6.92 Å². The normalized spacial score (nSPS) is 19.9. The number of aromatic nitrogens is 3. The summed E-state index contributed by atoms with van der Waals surface area (Å²) in [5.74, 6) is 0.978. The molecule has 5 heteroatoms. The molecule has 22 heavy (non-hydrogen) atoms.